The maximum absolute atomic E-state index is 11.0. The summed E-state index contributed by atoms with van der Waals surface area (Å²) in [5.74, 6) is 4.90. The Kier molecular flexibility index (Phi) is 5.01. The quantitative estimate of drug-likeness (QED) is 0.428. The van der Waals surface area contributed by atoms with Crippen LogP contribution in [0.5, 0.6) is 0 Å². The minimum atomic E-state index is -0.122. The monoisotopic (exact) mass is 225 g/mol. The normalized spacial score (nSPS) is 12.8. The molecule has 0 aromatic carbocycles. The first-order valence-electron chi connectivity index (χ1n) is 5.34. The van der Waals surface area contributed by atoms with Gasteiger partial charge in [-0.1, -0.05) is 0 Å². The standard InChI is InChI=1S/C11H19N3O2/c1-9(3-4-11(15)13-12)14(2)7-10-5-6-16-8-10/h5-6,8-9H,3-4,7,12H2,1-2H3,(H,13,15). The predicted octanol–water partition coefficient (Wildman–Crippen LogP) is 0.870. The Morgan fingerprint density at radius 2 is 2.44 bits per heavy atom. The van der Waals surface area contributed by atoms with E-state index in [1.807, 2.05) is 13.1 Å². The Morgan fingerprint density at radius 1 is 1.69 bits per heavy atom. The van der Waals surface area contributed by atoms with Gasteiger partial charge >= 0.3 is 0 Å². The molecule has 0 bridgehead atoms. The first kappa shape index (κ1) is 12.7. The zero-order valence-corrected chi connectivity index (χ0v) is 9.77. The minimum absolute atomic E-state index is 0.122. The third kappa shape index (κ3) is 4.04. The first-order chi connectivity index (χ1) is 7.63. The fourth-order valence-corrected chi connectivity index (χ4v) is 1.46. The second kappa shape index (κ2) is 6.30. The summed E-state index contributed by atoms with van der Waals surface area (Å²) in [4.78, 5) is 13.2. The molecule has 0 aliphatic heterocycles. The van der Waals surface area contributed by atoms with E-state index in [4.69, 9.17) is 10.3 Å². The third-order valence-electron chi connectivity index (χ3n) is 2.71. The Hall–Kier alpha value is -1.33. The van der Waals surface area contributed by atoms with Crippen LogP contribution in [-0.4, -0.2) is 23.9 Å². The van der Waals surface area contributed by atoms with Crippen LogP contribution >= 0.6 is 0 Å². The van der Waals surface area contributed by atoms with Gasteiger partial charge in [-0.15, -0.1) is 0 Å². The molecular weight excluding hydrogens is 206 g/mol. The Bertz CT molecular complexity index is 311. The van der Waals surface area contributed by atoms with Gasteiger partial charge in [0.2, 0.25) is 5.91 Å². The van der Waals surface area contributed by atoms with Crippen molar-refractivity contribution in [1.29, 1.82) is 0 Å². The van der Waals surface area contributed by atoms with E-state index in [0.717, 1.165) is 18.5 Å². The largest absolute Gasteiger partial charge is 0.472 e. The van der Waals surface area contributed by atoms with E-state index in [-0.39, 0.29) is 5.91 Å². The van der Waals surface area contributed by atoms with Crippen LogP contribution in [0.2, 0.25) is 0 Å². The second-order valence-electron chi connectivity index (χ2n) is 4.00. The van der Waals surface area contributed by atoms with E-state index >= 15 is 0 Å². The molecule has 0 spiro atoms. The maximum Gasteiger partial charge on any atom is 0.233 e. The van der Waals surface area contributed by atoms with Gasteiger partial charge < -0.3 is 4.42 Å². The van der Waals surface area contributed by atoms with Gasteiger partial charge in [0.1, 0.15) is 0 Å². The van der Waals surface area contributed by atoms with Crippen molar-refractivity contribution in [2.24, 2.45) is 5.84 Å². The summed E-state index contributed by atoms with van der Waals surface area (Å²) in [6.07, 6.45) is 4.64. The Morgan fingerprint density at radius 3 is 3.00 bits per heavy atom. The molecule has 1 aromatic rings. The summed E-state index contributed by atoms with van der Waals surface area (Å²) in [6, 6.07) is 2.27. The molecule has 1 amide bonds. The van der Waals surface area contributed by atoms with E-state index in [9.17, 15) is 4.79 Å². The molecule has 1 atom stereocenters. The minimum Gasteiger partial charge on any atom is -0.472 e. The molecule has 0 radical (unpaired) electrons. The van der Waals surface area contributed by atoms with Gasteiger partial charge in [-0.2, -0.15) is 0 Å². The van der Waals surface area contributed by atoms with Crippen LogP contribution in [0.4, 0.5) is 0 Å². The second-order valence-corrected chi connectivity index (χ2v) is 4.00. The van der Waals surface area contributed by atoms with Crippen molar-refractivity contribution < 1.29 is 9.21 Å². The molecule has 1 rings (SSSR count). The predicted molar refractivity (Wildman–Crippen MR) is 61.2 cm³/mol. The number of nitrogens with one attached hydrogen (secondary N) is 1. The molecule has 3 N–H and O–H groups in total. The number of carbonyl (C=O) groups excluding carboxylic acids is 1. The lowest BCUT2D eigenvalue weighted by Gasteiger charge is -2.23. The van der Waals surface area contributed by atoms with Crippen molar-refractivity contribution >= 4 is 5.91 Å². The lowest BCUT2D eigenvalue weighted by atomic mass is 10.1. The number of nitrogens with zero attached hydrogens (tertiary/aromatic N) is 1. The number of nitrogens with two attached hydrogens (primary N) is 1. The van der Waals surface area contributed by atoms with Crippen molar-refractivity contribution in [2.75, 3.05) is 7.05 Å². The summed E-state index contributed by atoms with van der Waals surface area (Å²) in [7, 11) is 2.03. The molecule has 0 aliphatic rings. The maximum atomic E-state index is 11.0. The molecule has 5 heteroatoms. The van der Waals surface area contributed by atoms with Crippen molar-refractivity contribution in [2.45, 2.75) is 32.4 Å². The number of amides is 1. The van der Waals surface area contributed by atoms with E-state index < -0.39 is 0 Å². The van der Waals surface area contributed by atoms with Crippen LogP contribution in [0.3, 0.4) is 0 Å². The molecule has 0 fully saturated rings. The van der Waals surface area contributed by atoms with E-state index in [2.05, 4.69) is 17.2 Å². The Balaban J connectivity index is 2.30. The van der Waals surface area contributed by atoms with Crippen molar-refractivity contribution in [1.82, 2.24) is 10.3 Å². The summed E-state index contributed by atoms with van der Waals surface area (Å²) in [5.41, 5.74) is 3.27. The number of furan rings is 1. The Labute approximate surface area is 95.6 Å². The molecular formula is C11H19N3O2. The molecule has 16 heavy (non-hydrogen) atoms. The summed E-state index contributed by atoms with van der Waals surface area (Å²) >= 11 is 0. The van der Waals surface area contributed by atoms with Crippen molar-refractivity contribution in [3.63, 3.8) is 0 Å². The molecule has 1 unspecified atom stereocenters. The number of carbonyl (C=O) groups is 1. The van der Waals surface area contributed by atoms with E-state index in [0.29, 0.717) is 12.5 Å². The lowest BCUT2D eigenvalue weighted by Crippen LogP contribution is -2.33. The van der Waals surface area contributed by atoms with Gasteiger partial charge in [-0.05, 0) is 26.5 Å². The fraction of sp³-hybridized carbons (Fsp3) is 0.545. The van der Waals surface area contributed by atoms with Crippen LogP contribution in [0.15, 0.2) is 23.0 Å². The summed E-state index contributed by atoms with van der Waals surface area (Å²) in [5, 5.41) is 0. The molecule has 90 valence electrons. The van der Waals surface area contributed by atoms with Crippen molar-refractivity contribution in [3.8, 4) is 0 Å². The third-order valence-corrected chi connectivity index (χ3v) is 2.71. The lowest BCUT2D eigenvalue weighted by molar-refractivity contribution is -0.121. The van der Waals surface area contributed by atoms with Crippen molar-refractivity contribution in [3.05, 3.63) is 24.2 Å². The average Bonchev–Trinajstić information content (AvgIpc) is 2.77. The number of hydrazine groups is 1. The van der Waals surface area contributed by atoms with Crippen LogP contribution in [-0.2, 0) is 11.3 Å². The molecule has 0 saturated heterocycles. The van der Waals surface area contributed by atoms with Gasteiger partial charge in [0.05, 0.1) is 12.5 Å². The zero-order valence-electron chi connectivity index (χ0n) is 9.77. The molecule has 1 aromatic heterocycles. The average molecular weight is 225 g/mol. The van der Waals surface area contributed by atoms with Gasteiger partial charge in [-0.25, -0.2) is 5.84 Å². The summed E-state index contributed by atoms with van der Waals surface area (Å²) < 4.78 is 5.00. The molecule has 0 aliphatic carbocycles. The molecule has 0 saturated carbocycles. The van der Waals surface area contributed by atoms with Gasteiger partial charge in [-0.3, -0.25) is 15.1 Å². The van der Waals surface area contributed by atoms with E-state index in [1.165, 1.54) is 0 Å². The van der Waals surface area contributed by atoms with E-state index in [1.54, 1.807) is 12.5 Å². The van der Waals surface area contributed by atoms with Crippen LogP contribution in [0, 0.1) is 0 Å². The van der Waals surface area contributed by atoms with Gasteiger partial charge in [0.25, 0.3) is 0 Å². The summed E-state index contributed by atoms with van der Waals surface area (Å²) in [6.45, 7) is 2.91. The highest BCUT2D eigenvalue weighted by atomic mass is 16.3. The topological polar surface area (TPSA) is 71.5 Å². The first-order valence-corrected chi connectivity index (χ1v) is 5.34. The smallest absolute Gasteiger partial charge is 0.233 e. The SMILES string of the molecule is CC(CCC(=O)NN)N(C)Cc1ccoc1. The molecule has 1 heterocycles. The number of rotatable bonds is 6. The number of hydrogen-bond acceptors (Lipinski definition) is 4. The van der Waals surface area contributed by atoms with Gasteiger partial charge in [0, 0.05) is 24.6 Å². The molecule has 5 nitrogen and oxygen atoms in total. The fourth-order valence-electron chi connectivity index (χ4n) is 1.46. The number of hydrogen-bond donors (Lipinski definition) is 2. The van der Waals surface area contributed by atoms with Gasteiger partial charge in [0.15, 0.2) is 0 Å². The highest BCUT2D eigenvalue weighted by Gasteiger charge is 2.11. The zero-order chi connectivity index (χ0) is 12.0. The highest BCUT2D eigenvalue weighted by molar-refractivity contribution is 5.75. The van der Waals surface area contributed by atoms with Crippen LogP contribution < -0.4 is 11.3 Å². The van der Waals surface area contributed by atoms with Crippen LogP contribution in [0.1, 0.15) is 25.3 Å². The van der Waals surface area contributed by atoms with Crippen LogP contribution in [0.25, 0.3) is 0 Å². The highest BCUT2D eigenvalue weighted by Crippen LogP contribution is 2.10.